The quantitative estimate of drug-likeness (QED) is 0.863. The molecule has 1 unspecified atom stereocenters. The highest BCUT2D eigenvalue weighted by Crippen LogP contribution is 2.30. The SMILES string of the molecule is Cc1cc2ccc(OC3C[C@H]4CC[C@@H](C3)N4)cc2oc1=O.Cl. The van der Waals surface area contributed by atoms with Crippen molar-refractivity contribution in [3.8, 4) is 5.75 Å². The van der Waals surface area contributed by atoms with Crippen LogP contribution in [0.15, 0.2) is 33.5 Å². The first-order valence-electron chi connectivity index (χ1n) is 7.64. The topological polar surface area (TPSA) is 51.5 Å². The number of aryl methyl sites for hydroxylation is 1. The molecule has 0 saturated carbocycles. The van der Waals surface area contributed by atoms with E-state index in [9.17, 15) is 4.79 Å². The van der Waals surface area contributed by atoms with E-state index < -0.39 is 0 Å². The summed E-state index contributed by atoms with van der Waals surface area (Å²) in [7, 11) is 0. The first-order chi connectivity index (χ1) is 10.2. The fraction of sp³-hybridized carbons (Fsp3) is 0.471. The van der Waals surface area contributed by atoms with Crippen LogP contribution in [0.3, 0.4) is 0 Å². The molecule has 0 spiro atoms. The molecule has 4 nitrogen and oxygen atoms in total. The van der Waals surface area contributed by atoms with Crippen LogP contribution in [0.25, 0.3) is 11.0 Å². The number of piperidine rings is 1. The summed E-state index contributed by atoms with van der Waals surface area (Å²) in [5, 5.41) is 4.54. The summed E-state index contributed by atoms with van der Waals surface area (Å²) in [6, 6.07) is 8.82. The third-order valence-electron chi connectivity index (χ3n) is 4.61. The molecule has 2 fully saturated rings. The highest BCUT2D eigenvalue weighted by molar-refractivity contribution is 5.85. The van der Waals surface area contributed by atoms with Crippen LogP contribution in [-0.2, 0) is 0 Å². The highest BCUT2D eigenvalue weighted by Gasteiger charge is 2.34. The molecule has 2 saturated heterocycles. The van der Waals surface area contributed by atoms with Gasteiger partial charge >= 0.3 is 5.63 Å². The summed E-state index contributed by atoms with van der Waals surface area (Å²) in [4.78, 5) is 11.6. The Kier molecular flexibility index (Phi) is 4.15. The third-order valence-corrected chi connectivity index (χ3v) is 4.61. The van der Waals surface area contributed by atoms with Gasteiger partial charge in [0.1, 0.15) is 17.4 Å². The van der Waals surface area contributed by atoms with Crippen molar-refractivity contribution in [2.75, 3.05) is 0 Å². The molecule has 4 rings (SSSR count). The lowest BCUT2D eigenvalue weighted by Crippen LogP contribution is -2.42. The molecule has 2 aliphatic heterocycles. The Labute approximate surface area is 135 Å². The second-order valence-electron chi connectivity index (χ2n) is 6.27. The van der Waals surface area contributed by atoms with E-state index >= 15 is 0 Å². The Bertz CT molecular complexity index is 730. The van der Waals surface area contributed by atoms with Gasteiger partial charge in [-0.3, -0.25) is 0 Å². The zero-order chi connectivity index (χ0) is 14.4. The monoisotopic (exact) mass is 321 g/mol. The van der Waals surface area contributed by atoms with Gasteiger partial charge in [0.2, 0.25) is 0 Å². The van der Waals surface area contributed by atoms with Gasteiger partial charge in [0.25, 0.3) is 0 Å². The number of halogens is 1. The summed E-state index contributed by atoms with van der Waals surface area (Å²) < 4.78 is 11.4. The fourth-order valence-electron chi connectivity index (χ4n) is 3.56. The van der Waals surface area contributed by atoms with Crippen LogP contribution in [0.2, 0.25) is 0 Å². The van der Waals surface area contributed by atoms with Crippen LogP contribution in [-0.4, -0.2) is 18.2 Å². The summed E-state index contributed by atoms with van der Waals surface area (Å²) in [5.74, 6) is 0.792. The molecule has 3 heterocycles. The van der Waals surface area contributed by atoms with E-state index in [1.165, 1.54) is 12.8 Å². The molecule has 2 aromatic rings. The minimum absolute atomic E-state index is 0. The first-order valence-corrected chi connectivity index (χ1v) is 7.64. The van der Waals surface area contributed by atoms with Crippen molar-refractivity contribution in [1.29, 1.82) is 0 Å². The van der Waals surface area contributed by atoms with Gasteiger partial charge < -0.3 is 14.5 Å². The summed E-state index contributed by atoms with van der Waals surface area (Å²) in [5.41, 5.74) is 0.950. The van der Waals surface area contributed by atoms with Crippen LogP contribution in [0.1, 0.15) is 31.2 Å². The average Bonchev–Trinajstić information content (AvgIpc) is 2.80. The van der Waals surface area contributed by atoms with Crippen molar-refractivity contribution in [3.05, 3.63) is 40.2 Å². The zero-order valence-corrected chi connectivity index (χ0v) is 13.3. The van der Waals surface area contributed by atoms with E-state index in [-0.39, 0.29) is 24.1 Å². The van der Waals surface area contributed by atoms with Gasteiger partial charge in [-0.15, -0.1) is 12.4 Å². The average molecular weight is 322 g/mol. The second-order valence-corrected chi connectivity index (χ2v) is 6.27. The van der Waals surface area contributed by atoms with Gasteiger partial charge in [0.15, 0.2) is 0 Å². The molecule has 1 N–H and O–H groups in total. The predicted molar refractivity (Wildman–Crippen MR) is 88.1 cm³/mol. The Hall–Kier alpha value is -1.52. The first kappa shape index (κ1) is 15.4. The predicted octanol–water partition coefficient (Wildman–Crippen LogP) is 3.19. The van der Waals surface area contributed by atoms with Gasteiger partial charge in [0, 0.05) is 29.1 Å². The lowest BCUT2D eigenvalue weighted by atomic mass is 10.0. The maximum Gasteiger partial charge on any atom is 0.339 e. The van der Waals surface area contributed by atoms with E-state index in [2.05, 4.69) is 5.32 Å². The standard InChI is InChI=1S/C17H19NO3.ClH/c1-10-6-11-2-5-14(9-16(11)21-17(10)19)20-15-7-12-3-4-13(8-15)18-12;/h2,5-6,9,12-13,15,18H,3-4,7-8H2,1H3;1H/t12-,13+,15?;. The van der Waals surface area contributed by atoms with Crippen LogP contribution < -0.4 is 15.7 Å². The molecule has 2 aliphatic rings. The van der Waals surface area contributed by atoms with E-state index in [1.54, 1.807) is 6.92 Å². The molecule has 5 heteroatoms. The van der Waals surface area contributed by atoms with Gasteiger partial charge in [-0.25, -0.2) is 4.79 Å². The lowest BCUT2D eigenvalue weighted by Gasteiger charge is -2.29. The molecule has 1 aromatic carbocycles. The fourth-order valence-corrected chi connectivity index (χ4v) is 3.56. The molecule has 2 bridgehead atoms. The smallest absolute Gasteiger partial charge is 0.339 e. The van der Waals surface area contributed by atoms with Crippen molar-refractivity contribution < 1.29 is 9.15 Å². The second kappa shape index (κ2) is 5.94. The molecular weight excluding hydrogens is 302 g/mol. The van der Waals surface area contributed by atoms with Crippen LogP contribution >= 0.6 is 12.4 Å². The molecule has 118 valence electrons. The minimum atomic E-state index is -0.278. The van der Waals surface area contributed by atoms with Crippen molar-refractivity contribution in [2.45, 2.75) is 50.8 Å². The largest absolute Gasteiger partial charge is 0.490 e. The van der Waals surface area contributed by atoms with Crippen molar-refractivity contribution in [1.82, 2.24) is 5.32 Å². The van der Waals surface area contributed by atoms with Gasteiger partial charge in [-0.1, -0.05) is 0 Å². The summed E-state index contributed by atoms with van der Waals surface area (Å²) in [6.07, 6.45) is 4.91. The summed E-state index contributed by atoms with van der Waals surface area (Å²) >= 11 is 0. The Balaban J connectivity index is 0.00000144. The molecular formula is C17H20ClNO3. The van der Waals surface area contributed by atoms with E-state index in [0.29, 0.717) is 23.2 Å². The number of fused-ring (bicyclic) bond motifs is 3. The summed E-state index contributed by atoms with van der Waals surface area (Å²) in [6.45, 7) is 1.76. The normalized spacial score (nSPS) is 26.7. The van der Waals surface area contributed by atoms with Gasteiger partial charge in [-0.2, -0.15) is 0 Å². The molecule has 1 aromatic heterocycles. The Morgan fingerprint density at radius 3 is 2.64 bits per heavy atom. The van der Waals surface area contributed by atoms with E-state index in [4.69, 9.17) is 9.15 Å². The van der Waals surface area contributed by atoms with E-state index in [1.807, 2.05) is 24.3 Å². The molecule has 0 radical (unpaired) electrons. The van der Waals surface area contributed by atoms with Gasteiger partial charge in [0.05, 0.1) is 0 Å². The van der Waals surface area contributed by atoms with Gasteiger partial charge in [-0.05, 0) is 50.8 Å². The minimum Gasteiger partial charge on any atom is -0.490 e. The van der Waals surface area contributed by atoms with Crippen LogP contribution in [0.5, 0.6) is 5.75 Å². The van der Waals surface area contributed by atoms with Crippen molar-refractivity contribution in [2.24, 2.45) is 0 Å². The molecule has 0 amide bonds. The maximum absolute atomic E-state index is 11.6. The number of benzene rings is 1. The zero-order valence-electron chi connectivity index (χ0n) is 12.5. The number of hydrogen-bond acceptors (Lipinski definition) is 4. The molecule has 3 atom stereocenters. The Morgan fingerprint density at radius 2 is 1.91 bits per heavy atom. The van der Waals surface area contributed by atoms with Crippen molar-refractivity contribution in [3.63, 3.8) is 0 Å². The molecule has 0 aliphatic carbocycles. The maximum atomic E-state index is 11.6. The lowest BCUT2D eigenvalue weighted by molar-refractivity contribution is 0.137. The van der Waals surface area contributed by atoms with E-state index in [0.717, 1.165) is 24.0 Å². The third kappa shape index (κ3) is 2.85. The van der Waals surface area contributed by atoms with Crippen molar-refractivity contribution >= 4 is 23.4 Å². The number of ether oxygens (including phenoxy) is 1. The number of nitrogens with one attached hydrogen (secondary N) is 1. The van der Waals surface area contributed by atoms with Crippen LogP contribution in [0.4, 0.5) is 0 Å². The highest BCUT2D eigenvalue weighted by atomic mass is 35.5. The van der Waals surface area contributed by atoms with Crippen LogP contribution in [0, 0.1) is 6.92 Å². The Morgan fingerprint density at radius 1 is 1.18 bits per heavy atom. The molecule has 22 heavy (non-hydrogen) atoms. The number of rotatable bonds is 2. The number of hydrogen-bond donors (Lipinski definition) is 1.